The van der Waals surface area contributed by atoms with Gasteiger partial charge in [0.25, 0.3) is 0 Å². The molecular weight excluding hydrogens is 258 g/mol. The molecule has 3 heteroatoms. The van der Waals surface area contributed by atoms with Gasteiger partial charge in [0, 0.05) is 17.5 Å². The first-order valence-corrected chi connectivity index (χ1v) is 7.75. The largest absolute Gasteiger partial charge is 0.491 e. The fourth-order valence-electron chi connectivity index (χ4n) is 3.19. The van der Waals surface area contributed by atoms with Gasteiger partial charge in [-0.1, -0.05) is 36.6 Å². The summed E-state index contributed by atoms with van der Waals surface area (Å²) in [4.78, 5) is 0. The predicted molar refractivity (Wildman–Crippen MR) is 78.9 cm³/mol. The van der Waals surface area contributed by atoms with Crippen molar-refractivity contribution < 1.29 is 4.74 Å². The normalized spacial score (nSPS) is 21.6. The van der Waals surface area contributed by atoms with Crippen molar-refractivity contribution in [3.8, 4) is 5.75 Å². The van der Waals surface area contributed by atoms with Crippen LogP contribution >= 0.6 is 11.6 Å². The Morgan fingerprint density at radius 3 is 2.63 bits per heavy atom. The molecule has 2 fully saturated rings. The first-order chi connectivity index (χ1) is 9.25. The van der Waals surface area contributed by atoms with E-state index in [4.69, 9.17) is 22.1 Å². The van der Waals surface area contributed by atoms with Crippen molar-refractivity contribution in [1.29, 1.82) is 0 Å². The number of hydrogen-bond donors (Lipinski definition) is 1. The summed E-state index contributed by atoms with van der Waals surface area (Å²) in [6, 6.07) is 6.11. The SMILES string of the molecule is NCC1(c2cccc(Cl)c2OCC2CC2)CCCC1. The van der Waals surface area contributed by atoms with Crippen molar-refractivity contribution >= 4 is 11.6 Å². The van der Waals surface area contributed by atoms with Gasteiger partial charge < -0.3 is 10.5 Å². The van der Waals surface area contributed by atoms with E-state index in [-0.39, 0.29) is 5.41 Å². The molecule has 1 aromatic rings. The Kier molecular flexibility index (Phi) is 3.72. The van der Waals surface area contributed by atoms with Crippen LogP contribution in [0.4, 0.5) is 0 Å². The van der Waals surface area contributed by atoms with Gasteiger partial charge in [0.1, 0.15) is 5.75 Å². The minimum Gasteiger partial charge on any atom is -0.491 e. The molecule has 0 aromatic heterocycles. The average Bonchev–Trinajstić information content (AvgIpc) is 3.13. The zero-order valence-electron chi connectivity index (χ0n) is 11.3. The Labute approximate surface area is 120 Å². The molecule has 2 aliphatic rings. The molecule has 2 saturated carbocycles. The van der Waals surface area contributed by atoms with E-state index < -0.39 is 0 Å². The van der Waals surface area contributed by atoms with E-state index in [1.54, 1.807) is 0 Å². The van der Waals surface area contributed by atoms with Crippen LogP contribution in [0.5, 0.6) is 5.75 Å². The Balaban J connectivity index is 1.91. The summed E-state index contributed by atoms with van der Waals surface area (Å²) >= 11 is 6.36. The van der Waals surface area contributed by atoms with E-state index in [0.29, 0.717) is 6.54 Å². The summed E-state index contributed by atoms with van der Waals surface area (Å²) in [5, 5.41) is 0.734. The van der Waals surface area contributed by atoms with E-state index in [9.17, 15) is 0 Å². The molecule has 1 aromatic carbocycles. The topological polar surface area (TPSA) is 35.2 Å². The standard InChI is InChI=1S/C16H22ClNO/c17-14-5-3-4-13(15(14)19-10-12-6-7-12)16(11-18)8-1-2-9-16/h3-5,12H,1-2,6-11,18H2. The molecule has 104 valence electrons. The van der Waals surface area contributed by atoms with Crippen LogP contribution in [0, 0.1) is 5.92 Å². The van der Waals surface area contributed by atoms with Gasteiger partial charge in [-0.15, -0.1) is 0 Å². The minimum atomic E-state index is 0.0871. The summed E-state index contributed by atoms with van der Waals surface area (Å²) in [6.45, 7) is 1.49. The average molecular weight is 280 g/mol. The Morgan fingerprint density at radius 2 is 2.00 bits per heavy atom. The molecule has 3 rings (SSSR count). The highest BCUT2D eigenvalue weighted by Crippen LogP contribution is 2.46. The number of halogens is 1. The number of benzene rings is 1. The first-order valence-electron chi connectivity index (χ1n) is 7.37. The van der Waals surface area contributed by atoms with Crippen LogP contribution in [0.1, 0.15) is 44.1 Å². The molecule has 0 aliphatic heterocycles. The van der Waals surface area contributed by atoms with E-state index in [2.05, 4.69) is 6.07 Å². The van der Waals surface area contributed by atoms with Crippen LogP contribution in [0.2, 0.25) is 5.02 Å². The fourth-order valence-corrected chi connectivity index (χ4v) is 3.42. The van der Waals surface area contributed by atoms with E-state index >= 15 is 0 Å². The lowest BCUT2D eigenvalue weighted by atomic mass is 9.78. The maximum absolute atomic E-state index is 6.36. The number of rotatable bonds is 5. The molecule has 0 heterocycles. The highest BCUT2D eigenvalue weighted by Gasteiger charge is 2.37. The number of nitrogens with two attached hydrogens (primary N) is 1. The highest BCUT2D eigenvalue weighted by atomic mass is 35.5. The quantitative estimate of drug-likeness (QED) is 0.887. The number of ether oxygens (including phenoxy) is 1. The van der Waals surface area contributed by atoms with Crippen LogP contribution in [0.3, 0.4) is 0 Å². The monoisotopic (exact) mass is 279 g/mol. The molecule has 0 saturated heterocycles. The number of hydrogen-bond acceptors (Lipinski definition) is 2. The highest BCUT2D eigenvalue weighted by molar-refractivity contribution is 6.32. The summed E-state index contributed by atoms with van der Waals surface area (Å²) in [7, 11) is 0. The summed E-state index contributed by atoms with van der Waals surface area (Å²) in [5.41, 5.74) is 7.41. The second-order valence-electron chi connectivity index (χ2n) is 6.06. The lowest BCUT2D eigenvalue weighted by Crippen LogP contribution is -2.32. The molecule has 0 unspecified atom stereocenters. The van der Waals surface area contributed by atoms with Crippen LogP contribution in [-0.2, 0) is 5.41 Å². The minimum absolute atomic E-state index is 0.0871. The van der Waals surface area contributed by atoms with E-state index in [1.165, 1.54) is 31.2 Å². The smallest absolute Gasteiger partial charge is 0.141 e. The van der Waals surface area contributed by atoms with Gasteiger partial charge in [0.05, 0.1) is 11.6 Å². The molecule has 0 spiro atoms. The van der Waals surface area contributed by atoms with Crippen LogP contribution in [-0.4, -0.2) is 13.2 Å². The van der Waals surface area contributed by atoms with Crippen molar-refractivity contribution in [1.82, 2.24) is 0 Å². The second-order valence-corrected chi connectivity index (χ2v) is 6.47. The van der Waals surface area contributed by atoms with Crippen LogP contribution in [0.15, 0.2) is 18.2 Å². The predicted octanol–water partition coefficient (Wildman–Crippen LogP) is 3.90. The molecule has 19 heavy (non-hydrogen) atoms. The summed E-state index contributed by atoms with van der Waals surface area (Å²) in [6.07, 6.45) is 7.41. The third-order valence-electron chi connectivity index (χ3n) is 4.65. The van der Waals surface area contributed by atoms with Crippen LogP contribution in [0.25, 0.3) is 0 Å². The lowest BCUT2D eigenvalue weighted by molar-refractivity contribution is 0.287. The van der Waals surface area contributed by atoms with Gasteiger partial charge in [-0.3, -0.25) is 0 Å². The molecule has 0 amide bonds. The Hall–Kier alpha value is -0.730. The molecular formula is C16H22ClNO. The lowest BCUT2D eigenvalue weighted by Gasteiger charge is -2.30. The van der Waals surface area contributed by atoms with Crippen molar-refractivity contribution in [3.05, 3.63) is 28.8 Å². The first kappa shape index (κ1) is 13.3. The van der Waals surface area contributed by atoms with Crippen molar-refractivity contribution in [3.63, 3.8) is 0 Å². The molecule has 0 radical (unpaired) electrons. The molecule has 0 bridgehead atoms. The Morgan fingerprint density at radius 1 is 1.26 bits per heavy atom. The summed E-state index contributed by atoms with van der Waals surface area (Å²) < 4.78 is 6.04. The molecule has 2 N–H and O–H groups in total. The molecule has 0 atom stereocenters. The van der Waals surface area contributed by atoms with Gasteiger partial charge in [-0.2, -0.15) is 0 Å². The van der Waals surface area contributed by atoms with E-state index in [1.807, 2.05) is 12.1 Å². The summed E-state index contributed by atoms with van der Waals surface area (Å²) in [5.74, 6) is 1.63. The van der Waals surface area contributed by atoms with Gasteiger partial charge in [-0.25, -0.2) is 0 Å². The van der Waals surface area contributed by atoms with Gasteiger partial charge >= 0.3 is 0 Å². The van der Waals surface area contributed by atoms with Crippen molar-refractivity contribution in [2.24, 2.45) is 11.7 Å². The second kappa shape index (κ2) is 5.34. The van der Waals surface area contributed by atoms with Crippen molar-refractivity contribution in [2.75, 3.05) is 13.2 Å². The third-order valence-corrected chi connectivity index (χ3v) is 4.95. The van der Waals surface area contributed by atoms with Gasteiger partial charge in [0.2, 0.25) is 0 Å². The zero-order valence-corrected chi connectivity index (χ0v) is 12.1. The van der Waals surface area contributed by atoms with Gasteiger partial charge in [0.15, 0.2) is 0 Å². The maximum atomic E-state index is 6.36. The van der Waals surface area contributed by atoms with Crippen LogP contribution < -0.4 is 10.5 Å². The third kappa shape index (κ3) is 2.61. The maximum Gasteiger partial charge on any atom is 0.141 e. The molecule has 2 nitrogen and oxygen atoms in total. The van der Waals surface area contributed by atoms with Crippen molar-refractivity contribution in [2.45, 2.75) is 43.9 Å². The van der Waals surface area contributed by atoms with Gasteiger partial charge in [-0.05, 0) is 37.7 Å². The Bertz CT molecular complexity index is 450. The number of para-hydroxylation sites is 1. The van der Waals surface area contributed by atoms with E-state index in [0.717, 1.165) is 36.1 Å². The fraction of sp³-hybridized carbons (Fsp3) is 0.625. The molecule has 2 aliphatic carbocycles. The zero-order chi connectivity index (χ0) is 13.3.